The monoisotopic (exact) mass is 408 g/mol. The first-order valence-electron chi connectivity index (χ1n) is 10.5. The number of rotatable bonds is 10. The average molecular weight is 409 g/mol. The van der Waals surface area contributed by atoms with Crippen molar-refractivity contribution in [3.63, 3.8) is 0 Å². The maximum Gasteiger partial charge on any atom is 0.191 e. The number of H-pyrrole nitrogens is 1. The molecule has 1 aromatic heterocycles. The molecule has 0 atom stereocenters. The van der Waals surface area contributed by atoms with Crippen molar-refractivity contribution < 1.29 is 9.47 Å². The average Bonchev–Trinajstić information content (AvgIpc) is 3.18. The van der Waals surface area contributed by atoms with Crippen molar-refractivity contribution >= 4 is 16.9 Å². The number of guanidine groups is 1. The Hall–Kier alpha value is -2.99. The van der Waals surface area contributed by atoms with Crippen molar-refractivity contribution in [2.24, 2.45) is 4.99 Å². The highest BCUT2D eigenvalue weighted by molar-refractivity contribution is 5.83. The third-order valence-electron chi connectivity index (χ3n) is 4.94. The summed E-state index contributed by atoms with van der Waals surface area (Å²) in [6.45, 7) is 7.32. The molecule has 0 saturated heterocycles. The quantitative estimate of drug-likeness (QED) is 0.271. The minimum absolute atomic E-state index is 0.544. The molecule has 0 bridgehead atoms. The maximum atomic E-state index is 5.93. The van der Waals surface area contributed by atoms with Crippen LogP contribution < -0.4 is 15.4 Å². The number of nitrogens with one attached hydrogen (secondary N) is 3. The van der Waals surface area contributed by atoms with Gasteiger partial charge in [-0.15, -0.1) is 0 Å². The van der Waals surface area contributed by atoms with Gasteiger partial charge in [0.05, 0.1) is 6.61 Å². The van der Waals surface area contributed by atoms with Crippen molar-refractivity contribution in [1.29, 1.82) is 0 Å². The molecule has 1 heterocycles. The second kappa shape index (κ2) is 11.3. The van der Waals surface area contributed by atoms with Crippen molar-refractivity contribution in [3.05, 3.63) is 65.4 Å². The number of fused-ring (bicyclic) bond motifs is 1. The van der Waals surface area contributed by atoms with Gasteiger partial charge >= 0.3 is 0 Å². The van der Waals surface area contributed by atoms with E-state index in [0.29, 0.717) is 26.4 Å². The summed E-state index contributed by atoms with van der Waals surface area (Å²) in [6.07, 6.45) is 3.00. The van der Waals surface area contributed by atoms with Gasteiger partial charge in [-0.1, -0.05) is 30.3 Å². The summed E-state index contributed by atoms with van der Waals surface area (Å²) in [4.78, 5) is 7.67. The van der Waals surface area contributed by atoms with Gasteiger partial charge in [-0.3, -0.25) is 4.99 Å². The van der Waals surface area contributed by atoms with Crippen LogP contribution in [-0.4, -0.2) is 44.4 Å². The van der Waals surface area contributed by atoms with Gasteiger partial charge in [0.25, 0.3) is 0 Å². The van der Waals surface area contributed by atoms with Crippen LogP contribution in [0.4, 0.5) is 0 Å². The molecule has 30 heavy (non-hydrogen) atoms. The minimum atomic E-state index is 0.544. The molecule has 0 aliphatic carbocycles. The van der Waals surface area contributed by atoms with Crippen LogP contribution in [0.5, 0.6) is 5.75 Å². The topological polar surface area (TPSA) is 70.7 Å². The molecule has 3 N–H and O–H groups in total. The Kier molecular flexibility index (Phi) is 8.15. The van der Waals surface area contributed by atoms with E-state index in [1.807, 2.05) is 13.0 Å². The zero-order chi connectivity index (χ0) is 21.2. The number of hydrogen-bond acceptors (Lipinski definition) is 3. The molecule has 0 fully saturated rings. The smallest absolute Gasteiger partial charge is 0.191 e. The number of benzene rings is 2. The van der Waals surface area contributed by atoms with E-state index in [-0.39, 0.29) is 0 Å². The molecule has 0 radical (unpaired) electrons. The van der Waals surface area contributed by atoms with E-state index in [9.17, 15) is 0 Å². The Morgan fingerprint density at radius 3 is 2.77 bits per heavy atom. The van der Waals surface area contributed by atoms with E-state index in [1.54, 1.807) is 7.05 Å². The van der Waals surface area contributed by atoms with Crippen LogP contribution >= 0.6 is 0 Å². The molecular weight excluding hydrogens is 376 g/mol. The molecule has 0 amide bonds. The van der Waals surface area contributed by atoms with Gasteiger partial charge in [0.2, 0.25) is 0 Å². The molecular formula is C24H32N4O2. The van der Waals surface area contributed by atoms with Crippen LogP contribution in [0.3, 0.4) is 0 Å². The molecule has 6 heteroatoms. The zero-order valence-electron chi connectivity index (χ0n) is 18.1. The van der Waals surface area contributed by atoms with E-state index in [4.69, 9.17) is 9.47 Å². The molecule has 160 valence electrons. The Bertz CT molecular complexity index is 965. The predicted octanol–water partition coefficient (Wildman–Crippen LogP) is 3.80. The molecule has 3 rings (SSSR count). The number of nitrogens with zero attached hydrogens (tertiary/aromatic N) is 1. The highest BCUT2D eigenvalue weighted by Crippen LogP contribution is 2.20. The first-order valence-corrected chi connectivity index (χ1v) is 10.5. The molecule has 3 aromatic rings. The molecule has 0 spiro atoms. The highest BCUT2D eigenvalue weighted by atomic mass is 16.5. The van der Waals surface area contributed by atoms with Gasteiger partial charge in [0.15, 0.2) is 5.96 Å². The SMILES string of the molecule is CCOCCOc1cc(C)ccc1CNC(=NC)NCCc1c[nH]c2ccccc12. The number of para-hydroxylation sites is 1. The number of aromatic amines is 1. The van der Waals surface area contributed by atoms with Gasteiger partial charge in [-0.25, -0.2) is 0 Å². The third-order valence-corrected chi connectivity index (χ3v) is 4.94. The van der Waals surface area contributed by atoms with Gasteiger partial charge in [-0.05, 0) is 43.5 Å². The summed E-state index contributed by atoms with van der Waals surface area (Å²) in [7, 11) is 1.79. The largest absolute Gasteiger partial charge is 0.491 e. The number of ether oxygens (including phenoxy) is 2. The van der Waals surface area contributed by atoms with Crippen molar-refractivity contribution in [1.82, 2.24) is 15.6 Å². The van der Waals surface area contributed by atoms with Crippen LogP contribution in [0.1, 0.15) is 23.6 Å². The Labute approximate surface area is 178 Å². The van der Waals surface area contributed by atoms with Crippen molar-refractivity contribution in [2.45, 2.75) is 26.8 Å². The Morgan fingerprint density at radius 2 is 1.93 bits per heavy atom. The van der Waals surface area contributed by atoms with E-state index < -0.39 is 0 Å². The number of hydrogen-bond donors (Lipinski definition) is 3. The van der Waals surface area contributed by atoms with Crippen LogP contribution in [0, 0.1) is 6.92 Å². The zero-order valence-corrected chi connectivity index (χ0v) is 18.1. The second-order valence-corrected chi connectivity index (χ2v) is 7.12. The van der Waals surface area contributed by atoms with Crippen LogP contribution in [0.15, 0.2) is 53.7 Å². The maximum absolute atomic E-state index is 5.93. The molecule has 0 saturated carbocycles. The minimum Gasteiger partial charge on any atom is -0.491 e. The highest BCUT2D eigenvalue weighted by Gasteiger charge is 2.07. The Balaban J connectivity index is 1.51. The lowest BCUT2D eigenvalue weighted by molar-refractivity contribution is 0.110. The number of aliphatic imine (C=N–C) groups is 1. The molecule has 0 aliphatic heterocycles. The lowest BCUT2D eigenvalue weighted by Gasteiger charge is -2.15. The fourth-order valence-corrected chi connectivity index (χ4v) is 3.35. The van der Waals surface area contributed by atoms with E-state index in [1.165, 1.54) is 22.0 Å². The Morgan fingerprint density at radius 1 is 1.07 bits per heavy atom. The number of aryl methyl sites for hydroxylation is 1. The molecule has 6 nitrogen and oxygen atoms in total. The molecule has 2 aromatic carbocycles. The normalized spacial score (nSPS) is 11.6. The van der Waals surface area contributed by atoms with E-state index in [0.717, 1.165) is 30.2 Å². The summed E-state index contributed by atoms with van der Waals surface area (Å²) in [6, 6.07) is 14.6. The van der Waals surface area contributed by atoms with Crippen molar-refractivity contribution in [3.8, 4) is 5.75 Å². The lowest BCUT2D eigenvalue weighted by atomic mass is 10.1. The van der Waals surface area contributed by atoms with E-state index >= 15 is 0 Å². The third kappa shape index (κ3) is 6.00. The van der Waals surface area contributed by atoms with Gasteiger partial charge in [0, 0.05) is 49.4 Å². The van der Waals surface area contributed by atoms with E-state index in [2.05, 4.69) is 70.1 Å². The predicted molar refractivity (Wildman–Crippen MR) is 123 cm³/mol. The first kappa shape index (κ1) is 21.7. The summed E-state index contributed by atoms with van der Waals surface area (Å²) in [5, 5.41) is 8.06. The summed E-state index contributed by atoms with van der Waals surface area (Å²) in [5.74, 6) is 1.66. The van der Waals surface area contributed by atoms with Gasteiger partial charge in [0.1, 0.15) is 12.4 Å². The summed E-state index contributed by atoms with van der Waals surface area (Å²) in [5.41, 5.74) is 4.74. The standard InChI is InChI=1S/C24H32N4O2/c1-4-29-13-14-30-23-15-18(2)9-10-20(23)17-28-24(25-3)26-12-11-19-16-27-22-8-6-5-7-21(19)22/h5-10,15-16,27H,4,11-14,17H2,1-3H3,(H2,25,26,28). The number of aromatic nitrogens is 1. The molecule has 0 aliphatic rings. The fraction of sp³-hybridized carbons (Fsp3) is 0.375. The summed E-state index contributed by atoms with van der Waals surface area (Å²) < 4.78 is 11.3. The van der Waals surface area contributed by atoms with Gasteiger partial charge in [-0.2, -0.15) is 0 Å². The first-order chi connectivity index (χ1) is 14.7. The van der Waals surface area contributed by atoms with Gasteiger partial charge < -0.3 is 25.1 Å². The summed E-state index contributed by atoms with van der Waals surface area (Å²) >= 11 is 0. The molecule has 0 unspecified atom stereocenters. The van der Waals surface area contributed by atoms with Crippen LogP contribution in [0.2, 0.25) is 0 Å². The van der Waals surface area contributed by atoms with Crippen LogP contribution in [0.25, 0.3) is 10.9 Å². The van der Waals surface area contributed by atoms with Crippen LogP contribution in [-0.2, 0) is 17.7 Å². The van der Waals surface area contributed by atoms with Crippen molar-refractivity contribution in [2.75, 3.05) is 33.4 Å². The second-order valence-electron chi connectivity index (χ2n) is 7.12. The fourth-order valence-electron chi connectivity index (χ4n) is 3.35. The lowest BCUT2D eigenvalue weighted by Crippen LogP contribution is -2.37.